The number of para-hydroxylation sites is 1. The number of ketones is 1. The fourth-order valence-corrected chi connectivity index (χ4v) is 6.24. The predicted octanol–water partition coefficient (Wildman–Crippen LogP) is 4.44. The third-order valence-corrected chi connectivity index (χ3v) is 7.81. The molecular formula is C24H24N4O2S2. The van der Waals surface area contributed by atoms with Crippen molar-refractivity contribution in [2.75, 3.05) is 5.75 Å². The van der Waals surface area contributed by atoms with Crippen molar-refractivity contribution in [2.45, 2.75) is 51.1 Å². The number of thioether (sulfide) groups is 1. The van der Waals surface area contributed by atoms with Crippen molar-refractivity contribution in [3.8, 4) is 11.8 Å². The molecule has 4 rings (SSSR count). The van der Waals surface area contributed by atoms with Gasteiger partial charge >= 0.3 is 0 Å². The van der Waals surface area contributed by atoms with Gasteiger partial charge in [0.25, 0.3) is 5.56 Å². The lowest BCUT2D eigenvalue weighted by atomic mass is 10.1. The summed E-state index contributed by atoms with van der Waals surface area (Å²) >= 11 is 2.76. The van der Waals surface area contributed by atoms with Crippen molar-refractivity contribution in [1.82, 2.24) is 9.55 Å². The van der Waals surface area contributed by atoms with Gasteiger partial charge in [0.05, 0.1) is 16.8 Å². The van der Waals surface area contributed by atoms with Gasteiger partial charge in [-0.2, -0.15) is 5.26 Å². The average molecular weight is 465 g/mol. The fourth-order valence-electron chi connectivity index (χ4n) is 4.06. The largest absolute Gasteiger partial charge is 0.401 e. The van der Waals surface area contributed by atoms with Crippen LogP contribution in [0.5, 0.6) is 0 Å². The molecule has 0 atom stereocenters. The van der Waals surface area contributed by atoms with Crippen molar-refractivity contribution in [3.05, 3.63) is 61.9 Å². The quantitative estimate of drug-likeness (QED) is 0.197. The minimum Gasteiger partial charge on any atom is -0.401 e. The maximum atomic E-state index is 13.8. The number of allylic oxidation sites excluding steroid dienone is 2. The van der Waals surface area contributed by atoms with E-state index in [1.165, 1.54) is 30.0 Å². The van der Waals surface area contributed by atoms with Crippen molar-refractivity contribution in [1.29, 1.82) is 5.26 Å². The molecule has 164 valence electrons. The Morgan fingerprint density at radius 1 is 1.28 bits per heavy atom. The molecule has 6 nitrogen and oxygen atoms in total. The van der Waals surface area contributed by atoms with Crippen molar-refractivity contribution < 1.29 is 4.79 Å². The molecule has 3 aromatic rings. The van der Waals surface area contributed by atoms with Crippen molar-refractivity contribution in [3.63, 3.8) is 0 Å². The second-order valence-corrected chi connectivity index (χ2v) is 9.97. The Balaban J connectivity index is 1.88. The molecule has 0 aliphatic heterocycles. The summed E-state index contributed by atoms with van der Waals surface area (Å²) < 4.78 is 1.62. The summed E-state index contributed by atoms with van der Waals surface area (Å²) in [6.07, 6.45) is 5.26. The second-order valence-electron chi connectivity index (χ2n) is 7.95. The summed E-state index contributed by atoms with van der Waals surface area (Å²) in [5, 5.41) is 10.4. The number of nitriles is 1. The SMILES string of the molecule is C/C(N)=C(/C#N)C(=O)CSc1nc2sc3c(c2c(=O)n1-c1ccccc1C)CCCCC3. The lowest BCUT2D eigenvalue weighted by molar-refractivity contribution is -0.112. The van der Waals surface area contributed by atoms with Crippen LogP contribution in [0.2, 0.25) is 0 Å². The Morgan fingerprint density at radius 3 is 2.75 bits per heavy atom. The number of carbonyl (C=O) groups excluding carboxylic acids is 1. The van der Waals surface area contributed by atoms with Crippen LogP contribution in [0.3, 0.4) is 0 Å². The molecule has 1 aromatic carbocycles. The third-order valence-electron chi connectivity index (χ3n) is 5.68. The Labute approximate surface area is 194 Å². The van der Waals surface area contributed by atoms with E-state index in [1.807, 2.05) is 37.3 Å². The maximum Gasteiger partial charge on any atom is 0.267 e. The average Bonchev–Trinajstić information content (AvgIpc) is 2.94. The van der Waals surface area contributed by atoms with Gasteiger partial charge in [0, 0.05) is 10.6 Å². The van der Waals surface area contributed by atoms with Gasteiger partial charge in [-0.25, -0.2) is 4.98 Å². The number of thiophene rings is 1. The van der Waals surface area contributed by atoms with E-state index in [2.05, 4.69) is 0 Å². The topological polar surface area (TPSA) is 102 Å². The zero-order valence-electron chi connectivity index (χ0n) is 18.1. The molecule has 32 heavy (non-hydrogen) atoms. The molecule has 0 spiro atoms. The minimum atomic E-state index is -0.370. The fraction of sp³-hybridized carbons (Fsp3) is 0.333. The summed E-state index contributed by atoms with van der Waals surface area (Å²) in [5.74, 6) is -0.392. The van der Waals surface area contributed by atoms with Crippen LogP contribution in [0.15, 0.2) is 45.5 Å². The van der Waals surface area contributed by atoms with Crippen molar-refractivity contribution in [2.24, 2.45) is 5.73 Å². The first kappa shape index (κ1) is 22.3. The van der Waals surface area contributed by atoms with E-state index in [0.717, 1.165) is 47.3 Å². The highest BCUT2D eigenvalue weighted by atomic mass is 32.2. The normalized spacial score (nSPS) is 14.4. The van der Waals surface area contributed by atoms with E-state index < -0.39 is 0 Å². The number of aryl methyl sites for hydroxylation is 3. The van der Waals surface area contributed by atoms with Gasteiger partial charge in [-0.3, -0.25) is 14.2 Å². The zero-order chi connectivity index (χ0) is 22.8. The van der Waals surface area contributed by atoms with E-state index >= 15 is 0 Å². The van der Waals surface area contributed by atoms with E-state index in [1.54, 1.807) is 15.9 Å². The van der Waals surface area contributed by atoms with Gasteiger partial charge in [0.2, 0.25) is 0 Å². The molecule has 8 heteroatoms. The van der Waals surface area contributed by atoms with Gasteiger partial charge in [0.15, 0.2) is 10.9 Å². The van der Waals surface area contributed by atoms with Crippen LogP contribution in [0.4, 0.5) is 0 Å². The molecule has 0 fully saturated rings. The summed E-state index contributed by atoms with van der Waals surface area (Å²) in [4.78, 5) is 33.2. The Hall–Kier alpha value is -2.89. The predicted molar refractivity (Wildman–Crippen MR) is 129 cm³/mol. The molecule has 2 N–H and O–H groups in total. The summed E-state index contributed by atoms with van der Waals surface area (Å²) in [7, 11) is 0. The van der Waals surface area contributed by atoms with Crippen LogP contribution in [0.1, 0.15) is 42.2 Å². The van der Waals surface area contributed by atoms with E-state index in [9.17, 15) is 14.9 Å². The first-order valence-corrected chi connectivity index (χ1v) is 12.4. The number of aromatic nitrogens is 2. The summed E-state index contributed by atoms with van der Waals surface area (Å²) in [6, 6.07) is 9.54. The number of nitrogens with two attached hydrogens (primary N) is 1. The number of rotatable bonds is 5. The van der Waals surface area contributed by atoms with Crippen LogP contribution in [-0.2, 0) is 17.6 Å². The standard InChI is InChI=1S/C24H24N4O2S2/c1-14-8-6-7-10-18(14)28-23(30)21-16-9-4-3-5-11-20(16)32-22(21)27-24(28)31-13-19(29)17(12-25)15(2)26/h6-8,10H,3-5,9,11,13,26H2,1-2H3/b17-15+. The highest BCUT2D eigenvalue weighted by molar-refractivity contribution is 7.99. The van der Waals surface area contributed by atoms with Crippen LogP contribution < -0.4 is 11.3 Å². The first-order valence-electron chi connectivity index (χ1n) is 10.6. The lowest BCUT2D eigenvalue weighted by Crippen LogP contribution is -2.23. The van der Waals surface area contributed by atoms with Crippen molar-refractivity contribution >= 4 is 39.1 Å². The molecule has 0 saturated carbocycles. The van der Waals surface area contributed by atoms with Crippen LogP contribution in [-0.4, -0.2) is 21.1 Å². The van der Waals surface area contributed by atoms with Gasteiger partial charge in [-0.15, -0.1) is 11.3 Å². The van der Waals surface area contributed by atoms with Gasteiger partial charge in [-0.05, 0) is 56.7 Å². The first-order chi connectivity index (χ1) is 15.4. The molecule has 2 heterocycles. The number of carbonyl (C=O) groups is 1. The Kier molecular flexibility index (Phi) is 6.49. The summed E-state index contributed by atoms with van der Waals surface area (Å²) in [6.45, 7) is 3.49. The highest BCUT2D eigenvalue weighted by Gasteiger charge is 2.23. The monoisotopic (exact) mass is 464 g/mol. The molecule has 0 unspecified atom stereocenters. The molecule has 0 radical (unpaired) electrons. The molecular weight excluding hydrogens is 440 g/mol. The number of hydrogen-bond donors (Lipinski definition) is 1. The number of Topliss-reactive ketones (excluding diaryl/α,β-unsaturated/α-hetero) is 1. The second kappa shape index (κ2) is 9.31. The maximum absolute atomic E-state index is 13.8. The minimum absolute atomic E-state index is 0.0215. The van der Waals surface area contributed by atoms with E-state index in [0.29, 0.717) is 10.5 Å². The molecule has 1 aliphatic carbocycles. The summed E-state index contributed by atoms with van der Waals surface area (Å²) in [5.41, 5.74) is 8.57. The number of hydrogen-bond acceptors (Lipinski definition) is 7. The van der Waals surface area contributed by atoms with Gasteiger partial charge in [0.1, 0.15) is 16.5 Å². The molecule has 0 saturated heterocycles. The molecule has 2 aromatic heterocycles. The Morgan fingerprint density at radius 2 is 2.03 bits per heavy atom. The molecule has 0 amide bonds. The van der Waals surface area contributed by atoms with Crippen LogP contribution >= 0.6 is 23.1 Å². The zero-order valence-corrected chi connectivity index (χ0v) is 19.7. The number of nitrogens with zero attached hydrogens (tertiary/aromatic N) is 3. The highest BCUT2D eigenvalue weighted by Crippen LogP contribution is 2.35. The number of fused-ring (bicyclic) bond motifs is 3. The van der Waals surface area contributed by atoms with E-state index in [-0.39, 0.29) is 28.4 Å². The Bertz CT molecular complexity index is 1340. The lowest BCUT2D eigenvalue weighted by Gasteiger charge is -2.14. The third kappa shape index (κ3) is 4.10. The van der Waals surface area contributed by atoms with Gasteiger partial charge < -0.3 is 5.73 Å². The molecule has 0 bridgehead atoms. The van der Waals surface area contributed by atoms with Gasteiger partial charge in [-0.1, -0.05) is 36.4 Å². The number of benzene rings is 1. The smallest absolute Gasteiger partial charge is 0.267 e. The van der Waals surface area contributed by atoms with Crippen LogP contribution in [0, 0.1) is 18.3 Å². The van der Waals surface area contributed by atoms with Crippen LogP contribution in [0.25, 0.3) is 15.9 Å². The molecule has 1 aliphatic rings. The van der Waals surface area contributed by atoms with E-state index in [4.69, 9.17) is 10.7 Å².